The molecule has 0 aromatic heterocycles. The highest BCUT2D eigenvalue weighted by atomic mass is 16.4. The van der Waals surface area contributed by atoms with Crippen molar-refractivity contribution in [2.45, 2.75) is 25.9 Å². The van der Waals surface area contributed by atoms with Gasteiger partial charge in [-0.15, -0.1) is 0 Å². The van der Waals surface area contributed by atoms with Gasteiger partial charge in [0, 0.05) is 12.1 Å². The standard InChI is InChI=1S/C13H16N2O3/c1-8(13(17)18)15-12(16)10-3-2-9-4-5-14-7-11(9)6-10/h2-3,6,8,14H,4-5,7H2,1H3,(H,15,16)(H,17,18)/t8-/m0/s1. The molecular formula is C13H16N2O3. The van der Waals surface area contributed by atoms with Crippen LogP contribution in [-0.4, -0.2) is 29.6 Å². The number of aliphatic carboxylic acids is 1. The van der Waals surface area contributed by atoms with Crippen LogP contribution in [0.25, 0.3) is 0 Å². The Labute approximate surface area is 105 Å². The van der Waals surface area contributed by atoms with Gasteiger partial charge in [0.15, 0.2) is 0 Å². The number of benzene rings is 1. The predicted molar refractivity (Wildman–Crippen MR) is 66.4 cm³/mol. The molecule has 5 nitrogen and oxygen atoms in total. The molecule has 1 aromatic rings. The number of carbonyl (C=O) groups is 2. The van der Waals surface area contributed by atoms with Crippen LogP contribution in [-0.2, 0) is 17.8 Å². The smallest absolute Gasteiger partial charge is 0.325 e. The minimum Gasteiger partial charge on any atom is -0.480 e. The maximum Gasteiger partial charge on any atom is 0.325 e. The van der Waals surface area contributed by atoms with Crippen molar-refractivity contribution in [3.8, 4) is 0 Å². The monoisotopic (exact) mass is 248 g/mol. The largest absolute Gasteiger partial charge is 0.480 e. The second-order valence-corrected chi connectivity index (χ2v) is 4.44. The maximum absolute atomic E-state index is 11.9. The van der Waals surface area contributed by atoms with Gasteiger partial charge in [-0.25, -0.2) is 0 Å². The van der Waals surface area contributed by atoms with Crippen LogP contribution in [0.2, 0.25) is 0 Å². The number of hydrogen-bond donors (Lipinski definition) is 3. The lowest BCUT2D eigenvalue weighted by atomic mass is 9.98. The van der Waals surface area contributed by atoms with E-state index in [1.54, 1.807) is 6.07 Å². The van der Waals surface area contributed by atoms with Crippen LogP contribution in [0.1, 0.15) is 28.4 Å². The molecule has 0 unspecified atom stereocenters. The van der Waals surface area contributed by atoms with Gasteiger partial charge < -0.3 is 15.7 Å². The Bertz CT molecular complexity index is 485. The third kappa shape index (κ3) is 2.68. The fraction of sp³-hybridized carbons (Fsp3) is 0.385. The molecule has 96 valence electrons. The Balaban J connectivity index is 2.13. The predicted octanol–water partition coefficient (Wildman–Crippen LogP) is 0.535. The highest BCUT2D eigenvalue weighted by Crippen LogP contribution is 2.15. The molecular weight excluding hydrogens is 232 g/mol. The molecule has 0 saturated heterocycles. The molecule has 0 spiro atoms. The van der Waals surface area contributed by atoms with Crippen molar-refractivity contribution in [3.63, 3.8) is 0 Å². The van der Waals surface area contributed by atoms with Crippen molar-refractivity contribution in [2.75, 3.05) is 6.54 Å². The van der Waals surface area contributed by atoms with Gasteiger partial charge in [-0.05, 0) is 43.1 Å². The van der Waals surface area contributed by atoms with Gasteiger partial charge in [-0.1, -0.05) is 6.07 Å². The quantitative estimate of drug-likeness (QED) is 0.729. The van der Waals surface area contributed by atoms with Gasteiger partial charge in [0.1, 0.15) is 6.04 Å². The van der Waals surface area contributed by atoms with E-state index in [1.165, 1.54) is 12.5 Å². The van der Waals surface area contributed by atoms with Crippen LogP contribution in [0.3, 0.4) is 0 Å². The Hall–Kier alpha value is -1.88. The molecule has 5 heteroatoms. The normalized spacial score (nSPS) is 15.6. The van der Waals surface area contributed by atoms with E-state index in [1.807, 2.05) is 12.1 Å². The molecule has 1 aliphatic heterocycles. The third-order valence-corrected chi connectivity index (χ3v) is 3.07. The van der Waals surface area contributed by atoms with Crippen LogP contribution in [0.5, 0.6) is 0 Å². The van der Waals surface area contributed by atoms with Crippen molar-refractivity contribution >= 4 is 11.9 Å². The van der Waals surface area contributed by atoms with Gasteiger partial charge in [0.2, 0.25) is 0 Å². The fourth-order valence-electron chi connectivity index (χ4n) is 1.96. The number of carboxylic acid groups (broad SMARTS) is 1. The highest BCUT2D eigenvalue weighted by molar-refractivity contribution is 5.96. The van der Waals surface area contributed by atoms with Crippen molar-refractivity contribution in [2.24, 2.45) is 0 Å². The average molecular weight is 248 g/mol. The number of amides is 1. The van der Waals surface area contributed by atoms with E-state index in [0.29, 0.717) is 5.56 Å². The van der Waals surface area contributed by atoms with Gasteiger partial charge in [0.05, 0.1) is 0 Å². The van der Waals surface area contributed by atoms with Crippen LogP contribution >= 0.6 is 0 Å². The topological polar surface area (TPSA) is 78.4 Å². The number of hydrogen-bond acceptors (Lipinski definition) is 3. The first-order valence-corrected chi connectivity index (χ1v) is 5.94. The van der Waals surface area contributed by atoms with Gasteiger partial charge in [0.25, 0.3) is 5.91 Å². The van der Waals surface area contributed by atoms with E-state index in [4.69, 9.17) is 5.11 Å². The van der Waals surface area contributed by atoms with Crippen molar-refractivity contribution in [3.05, 3.63) is 34.9 Å². The number of carbonyl (C=O) groups excluding carboxylic acids is 1. The van der Waals surface area contributed by atoms with Crippen LogP contribution in [0.15, 0.2) is 18.2 Å². The molecule has 1 amide bonds. The molecule has 0 aliphatic carbocycles. The van der Waals surface area contributed by atoms with Crippen molar-refractivity contribution in [1.82, 2.24) is 10.6 Å². The summed E-state index contributed by atoms with van der Waals surface area (Å²) in [5.41, 5.74) is 2.86. The van der Waals surface area contributed by atoms with Gasteiger partial charge >= 0.3 is 5.97 Å². The Morgan fingerprint density at radius 3 is 2.89 bits per heavy atom. The van der Waals surface area contributed by atoms with E-state index in [-0.39, 0.29) is 5.91 Å². The zero-order valence-corrected chi connectivity index (χ0v) is 10.2. The van der Waals surface area contributed by atoms with E-state index < -0.39 is 12.0 Å². The lowest BCUT2D eigenvalue weighted by Crippen LogP contribution is -2.38. The number of nitrogens with one attached hydrogen (secondary N) is 2. The Kier molecular flexibility index (Phi) is 3.62. The molecule has 0 fully saturated rings. The highest BCUT2D eigenvalue weighted by Gasteiger charge is 2.17. The van der Waals surface area contributed by atoms with E-state index >= 15 is 0 Å². The summed E-state index contributed by atoms with van der Waals surface area (Å²) in [7, 11) is 0. The molecule has 1 heterocycles. The molecule has 1 atom stereocenters. The van der Waals surface area contributed by atoms with Crippen molar-refractivity contribution < 1.29 is 14.7 Å². The fourth-order valence-corrected chi connectivity index (χ4v) is 1.96. The number of fused-ring (bicyclic) bond motifs is 1. The summed E-state index contributed by atoms with van der Waals surface area (Å²) in [6, 6.07) is 4.63. The molecule has 0 bridgehead atoms. The van der Waals surface area contributed by atoms with Crippen LogP contribution in [0.4, 0.5) is 0 Å². The van der Waals surface area contributed by atoms with Crippen LogP contribution < -0.4 is 10.6 Å². The SMILES string of the molecule is C[C@H](NC(=O)c1ccc2c(c1)CNCC2)C(=O)O. The van der Waals surface area contributed by atoms with Crippen LogP contribution in [0, 0.1) is 0 Å². The summed E-state index contributed by atoms with van der Waals surface area (Å²) < 4.78 is 0. The summed E-state index contributed by atoms with van der Waals surface area (Å²) in [5, 5.41) is 14.4. The summed E-state index contributed by atoms with van der Waals surface area (Å²) in [4.78, 5) is 22.5. The zero-order valence-electron chi connectivity index (χ0n) is 10.2. The second-order valence-electron chi connectivity index (χ2n) is 4.44. The van der Waals surface area contributed by atoms with E-state index in [9.17, 15) is 9.59 Å². The third-order valence-electron chi connectivity index (χ3n) is 3.07. The molecule has 1 aliphatic rings. The van der Waals surface area contributed by atoms with Crippen molar-refractivity contribution in [1.29, 1.82) is 0 Å². The molecule has 2 rings (SSSR count). The van der Waals surface area contributed by atoms with Gasteiger partial charge in [-0.3, -0.25) is 9.59 Å². The Morgan fingerprint density at radius 2 is 2.17 bits per heavy atom. The Morgan fingerprint density at radius 1 is 1.39 bits per heavy atom. The van der Waals surface area contributed by atoms with E-state index in [0.717, 1.165) is 25.1 Å². The zero-order chi connectivity index (χ0) is 13.1. The molecule has 0 saturated carbocycles. The maximum atomic E-state index is 11.9. The summed E-state index contributed by atoms with van der Waals surface area (Å²) >= 11 is 0. The second kappa shape index (κ2) is 5.18. The lowest BCUT2D eigenvalue weighted by Gasteiger charge is -2.18. The first kappa shape index (κ1) is 12.6. The minimum absolute atomic E-state index is 0.349. The molecule has 0 radical (unpaired) electrons. The number of rotatable bonds is 3. The first-order valence-electron chi connectivity index (χ1n) is 5.94. The molecule has 1 aromatic carbocycles. The summed E-state index contributed by atoms with van der Waals surface area (Å²) in [6.45, 7) is 3.15. The lowest BCUT2D eigenvalue weighted by molar-refractivity contribution is -0.138. The summed E-state index contributed by atoms with van der Waals surface area (Å²) in [5.74, 6) is -1.39. The summed E-state index contributed by atoms with van der Waals surface area (Å²) in [6.07, 6.45) is 0.961. The van der Waals surface area contributed by atoms with E-state index in [2.05, 4.69) is 10.6 Å². The average Bonchev–Trinajstić information content (AvgIpc) is 2.37. The molecule has 3 N–H and O–H groups in total. The van der Waals surface area contributed by atoms with Gasteiger partial charge in [-0.2, -0.15) is 0 Å². The first-order chi connectivity index (χ1) is 8.58. The minimum atomic E-state index is -1.04. The number of carboxylic acids is 1. The molecule has 18 heavy (non-hydrogen) atoms.